The van der Waals surface area contributed by atoms with Crippen molar-refractivity contribution < 1.29 is 28.5 Å². The maximum absolute atomic E-state index is 13.2. The van der Waals surface area contributed by atoms with Gasteiger partial charge in [-0.05, 0) is 38.8 Å². The molecule has 32 heavy (non-hydrogen) atoms. The summed E-state index contributed by atoms with van der Waals surface area (Å²) in [6.45, 7) is 9.87. The zero-order valence-corrected chi connectivity index (χ0v) is 19.8. The van der Waals surface area contributed by atoms with Gasteiger partial charge in [0.15, 0.2) is 12.6 Å². The van der Waals surface area contributed by atoms with Crippen molar-refractivity contribution in [3.05, 3.63) is 41.5 Å². The molecule has 3 rings (SSSR count). The van der Waals surface area contributed by atoms with Crippen molar-refractivity contribution in [2.75, 3.05) is 19.6 Å². The fraction of sp³-hybridized carbons (Fsp3) is 0.560. The number of nitrogens with two attached hydrogens (primary N) is 1. The van der Waals surface area contributed by atoms with Gasteiger partial charge in [-0.2, -0.15) is 0 Å². The molecule has 0 aromatic heterocycles. The number of hydrogen-bond acceptors (Lipinski definition) is 7. The highest BCUT2D eigenvalue weighted by Gasteiger charge is 2.42. The number of rotatable bonds is 3. The molecule has 0 bridgehead atoms. The number of cyclic esters (lactones) is 1. The van der Waals surface area contributed by atoms with Gasteiger partial charge in [0.05, 0.1) is 12.2 Å². The molecule has 2 aliphatic heterocycles. The van der Waals surface area contributed by atoms with Gasteiger partial charge in [0, 0.05) is 30.7 Å². The number of benzene rings is 1. The molecule has 2 unspecified atom stereocenters. The molecule has 7 nitrogen and oxygen atoms in total. The fourth-order valence-electron chi connectivity index (χ4n) is 4.02. The van der Waals surface area contributed by atoms with Gasteiger partial charge in [-0.25, -0.2) is 4.79 Å². The monoisotopic (exact) mass is 445 g/mol. The van der Waals surface area contributed by atoms with E-state index in [0.29, 0.717) is 29.0 Å². The number of fused-ring (bicyclic) bond motifs is 2. The van der Waals surface area contributed by atoms with Crippen molar-refractivity contribution in [2.24, 2.45) is 11.8 Å². The van der Waals surface area contributed by atoms with E-state index in [9.17, 15) is 4.79 Å². The van der Waals surface area contributed by atoms with E-state index in [2.05, 4.69) is 19.1 Å². The average Bonchev–Trinajstić information content (AvgIpc) is 3.03. The number of esters is 1. The minimum Gasteiger partial charge on any atom is -0.467 e. The lowest BCUT2D eigenvalue weighted by molar-refractivity contribution is -0.148. The SMILES string of the molecule is COCOc1cc(N)cc2c1C(=O)O[C@@H](C)[C@H](C)/C=C\C(C)C1OC(C)(C)O[C@H]1C/C=C/2. The number of hydrogen-bond donors (Lipinski definition) is 1. The molecule has 2 heterocycles. The van der Waals surface area contributed by atoms with Gasteiger partial charge in [-0.1, -0.05) is 38.2 Å². The molecule has 2 aliphatic rings. The lowest BCUT2D eigenvalue weighted by Gasteiger charge is -2.23. The molecule has 1 aromatic rings. The Morgan fingerprint density at radius 1 is 1.12 bits per heavy atom. The summed E-state index contributed by atoms with van der Waals surface area (Å²) in [5.74, 6) is -0.643. The molecular weight excluding hydrogens is 410 g/mol. The summed E-state index contributed by atoms with van der Waals surface area (Å²) >= 11 is 0. The van der Waals surface area contributed by atoms with Crippen molar-refractivity contribution in [1.82, 2.24) is 0 Å². The predicted octanol–water partition coefficient (Wildman–Crippen LogP) is 4.56. The Morgan fingerprint density at radius 3 is 2.56 bits per heavy atom. The molecule has 176 valence electrons. The highest BCUT2D eigenvalue weighted by Crippen LogP contribution is 2.36. The van der Waals surface area contributed by atoms with Crippen LogP contribution in [0, 0.1) is 11.8 Å². The van der Waals surface area contributed by atoms with Crippen LogP contribution in [0.25, 0.3) is 6.08 Å². The van der Waals surface area contributed by atoms with Crippen LogP contribution >= 0.6 is 0 Å². The predicted molar refractivity (Wildman–Crippen MR) is 123 cm³/mol. The molecule has 5 atom stereocenters. The van der Waals surface area contributed by atoms with Gasteiger partial charge in [0.1, 0.15) is 17.4 Å². The Balaban J connectivity index is 2.04. The highest BCUT2D eigenvalue weighted by atomic mass is 16.8. The summed E-state index contributed by atoms with van der Waals surface area (Å²) in [5.41, 5.74) is 7.51. The van der Waals surface area contributed by atoms with Gasteiger partial charge >= 0.3 is 5.97 Å². The van der Waals surface area contributed by atoms with Gasteiger partial charge in [0.2, 0.25) is 0 Å². The number of ether oxygens (including phenoxy) is 5. The van der Waals surface area contributed by atoms with Crippen molar-refractivity contribution >= 4 is 17.7 Å². The second-order valence-electron chi connectivity index (χ2n) is 9.02. The Hall–Kier alpha value is -2.35. The summed E-state index contributed by atoms with van der Waals surface area (Å²) in [4.78, 5) is 13.2. The first-order valence-corrected chi connectivity index (χ1v) is 11.1. The lowest BCUT2D eigenvalue weighted by Crippen LogP contribution is -2.29. The van der Waals surface area contributed by atoms with Crippen LogP contribution in [0.2, 0.25) is 0 Å². The Kier molecular flexibility index (Phi) is 7.64. The third kappa shape index (κ3) is 5.71. The number of nitrogen functional groups attached to an aromatic ring is 1. The van der Waals surface area contributed by atoms with Crippen LogP contribution in [0.1, 0.15) is 57.0 Å². The number of methoxy groups -OCH3 is 1. The molecule has 1 aromatic carbocycles. The Bertz CT molecular complexity index is 877. The van der Waals surface area contributed by atoms with E-state index >= 15 is 0 Å². The third-order valence-corrected chi connectivity index (χ3v) is 5.85. The van der Waals surface area contributed by atoms with E-state index in [0.717, 1.165) is 0 Å². The van der Waals surface area contributed by atoms with Crippen molar-refractivity contribution in [3.63, 3.8) is 0 Å². The minimum atomic E-state index is -0.652. The summed E-state index contributed by atoms with van der Waals surface area (Å²) in [6, 6.07) is 3.35. The largest absolute Gasteiger partial charge is 0.467 e. The second-order valence-corrected chi connectivity index (χ2v) is 9.02. The van der Waals surface area contributed by atoms with Crippen LogP contribution in [0.15, 0.2) is 30.4 Å². The van der Waals surface area contributed by atoms with Crippen molar-refractivity contribution in [1.29, 1.82) is 0 Å². The van der Waals surface area contributed by atoms with E-state index in [-0.39, 0.29) is 36.9 Å². The van der Waals surface area contributed by atoms with Crippen LogP contribution in [0.4, 0.5) is 5.69 Å². The van der Waals surface area contributed by atoms with Gasteiger partial charge in [0.25, 0.3) is 0 Å². The van der Waals surface area contributed by atoms with Gasteiger partial charge in [-0.15, -0.1) is 0 Å². The maximum Gasteiger partial charge on any atom is 0.342 e. The Labute approximate surface area is 190 Å². The first-order valence-electron chi connectivity index (χ1n) is 11.1. The lowest BCUT2D eigenvalue weighted by atomic mass is 9.94. The molecule has 2 N–H and O–H groups in total. The molecule has 0 amide bonds. The van der Waals surface area contributed by atoms with Crippen LogP contribution in [-0.2, 0) is 18.9 Å². The van der Waals surface area contributed by atoms with Crippen LogP contribution < -0.4 is 10.5 Å². The zero-order valence-electron chi connectivity index (χ0n) is 19.8. The summed E-state index contributed by atoms with van der Waals surface area (Å²) < 4.78 is 28.9. The molecule has 1 fully saturated rings. The normalized spacial score (nSPS) is 32.2. The third-order valence-electron chi connectivity index (χ3n) is 5.85. The topological polar surface area (TPSA) is 89.2 Å². The molecule has 7 heteroatoms. The summed E-state index contributed by atoms with van der Waals surface area (Å²) in [7, 11) is 1.52. The number of carbonyl (C=O) groups excluding carboxylic acids is 1. The molecular formula is C25H35NO6. The van der Waals surface area contributed by atoms with E-state index in [1.165, 1.54) is 7.11 Å². The van der Waals surface area contributed by atoms with E-state index in [1.54, 1.807) is 12.1 Å². The van der Waals surface area contributed by atoms with Crippen LogP contribution in [-0.4, -0.2) is 44.0 Å². The van der Waals surface area contributed by atoms with E-state index in [1.807, 2.05) is 39.8 Å². The Morgan fingerprint density at radius 2 is 1.84 bits per heavy atom. The van der Waals surface area contributed by atoms with E-state index in [4.69, 9.17) is 29.4 Å². The zero-order chi connectivity index (χ0) is 23.5. The quantitative estimate of drug-likeness (QED) is 0.316. The summed E-state index contributed by atoms with van der Waals surface area (Å²) in [5, 5.41) is 0. The molecule has 0 radical (unpaired) electrons. The number of anilines is 1. The van der Waals surface area contributed by atoms with Gasteiger partial charge < -0.3 is 29.4 Å². The van der Waals surface area contributed by atoms with Crippen LogP contribution in [0.3, 0.4) is 0 Å². The molecule has 0 spiro atoms. The average molecular weight is 446 g/mol. The molecule has 0 saturated carbocycles. The highest BCUT2D eigenvalue weighted by molar-refractivity contribution is 5.97. The molecule has 1 saturated heterocycles. The smallest absolute Gasteiger partial charge is 0.342 e. The standard InChI is InChI=1S/C25H35NO6/c1-15-10-11-16(2)23-20(31-25(4,5)32-23)9-7-8-18-12-19(26)13-21(29-14-28-6)22(18)24(27)30-17(15)3/h7-8,10-13,15-17,20,23H,9,14,26H2,1-6H3/b8-7+,11-10-/t15-,16?,17+,20+,23?/m1/s1. The second kappa shape index (κ2) is 10.1. The van der Waals surface area contributed by atoms with E-state index < -0.39 is 11.8 Å². The van der Waals surface area contributed by atoms with Gasteiger partial charge in [-0.3, -0.25) is 0 Å². The van der Waals surface area contributed by atoms with Crippen LogP contribution in [0.5, 0.6) is 5.75 Å². The first kappa shape index (κ1) is 24.3. The first-order chi connectivity index (χ1) is 15.1. The summed E-state index contributed by atoms with van der Waals surface area (Å²) in [6.07, 6.45) is 8.11. The fourth-order valence-corrected chi connectivity index (χ4v) is 4.02. The minimum absolute atomic E-state index is 0.00856. The maximum atomic E-state index is 13.2. The number of carbonyl (C=O) groups is 1. The van der Waals surface area contributed by atoms with Crippen molar-refractivity contribution in [2.45, 2.75) is 65.1 Å². The van der Waals surface area contributed by atoms with Crippen molar-refractivity contribution in [3.8, 4) is 5.75 Å². The molecule has 0 aliphatic carbocycles.